The van der Waals surface area contributed by atoms with E-state index < -0.39 is 22.8 Å². The van der Waals surface area contributed by atoms with Crippen LogP contribution in [0.4, 0.5) is 11.4 Å². The van der Waals surface area contributed by atoms with E-state index in [1.165, 1.54) is 6.07 Å². The van der Waals surface area contributed by atoms with E-state index in [-0.39, 0.29) is 23.7 Å². The van der Waals surface area contributed by atoms with E-state index in [1.807, 2.05) is 97.1 Å². The van der Waals surface area contributed by atoms with E-state index in [1.54, 1.807) is 42.5 Å². The van der Waals surface area contributed by atoms with Gasteiger partial charge in [-0.3, -0.25) is 19.7 Å². The Morgan fingerprint density at radius 1 is 0.619 bits per heavy atom. The number of hydrogen-bond donors (Lipinski definition) is 1. The number of para-hydroxylation sites is 2. The highest BCUT2D eigenvalue weighted by atomic mass is 16.6. The van der Waals surface area contributed by atoms with Gasteiger partial charge in [0.25, 0.3) is 5.69 Å². The molecule has 6 heteroatoms. The second-order valence-corrected chi connectivity index (χ2v) is 10.1. The quantitative estimate of drug-likeness (QED) is 0.0952. The van der Waals surface area contributed by atoms with Gasteiger partial charge in [0, 0.05) is 29.5 Å². The lowest BCUT2D eigenvalue weighted by Gasteiger charge is -2.34. The number of nitro benzene ring substituents is 1. The van der Waals surface area contributed by atoms with Crippen LogP contribution in [0, 0.1) is 16.0 Å². The number of nitrogens with zero attached hydrogens (tertiary/aromatic N) is 1. The first-order valence-corrected chi connectivity index (χ1v) is 13.8. The molecule has 0 spiro atoms. The van der Waals surface area contributed by atoms with Crippen LogP contribution in [0.1, 0.15) is 50.2 Å². The van der Waals surface area contributed by atoms with Gasteiger partial charge in [-0.05, 0) is 17.2 Å². The van der Waals surface area contributed by atoms with Gasteiger partial charge in [-0.15, -0.1) is 0 Å². The van der Waals surface area contributed by atoms with Crippen LogP contribution in [0.3, 0.4) is 0 Å². The normalized spacial score (nSPS) is 13.0. The third kappa shape index (κ3) is 6.50. The fourth-order valence-electron chi connectivity index (χ4n) is 5.42. The summed E-state index contributed by atoms with van der Waals surface area (Å²) in [5, 5.41) is 15.4. The zero-order valence-electron chi connectivity index (χ0n) is 22.9. The van der Waals surface area contributed by atoms with E-state index in [0.717, 1.165) is 11.1 Å². The number of anilines is 1. The molecule has 3 atom stereocenters. The summed E-state index contributed by atoms with van der Waals surface area (Å²) in [6.07, 6.45) is 0.0686. The maximum absolute atomic E-state index is 14.6. The minimum Gasteiger partial charge on any atom is -0.372 e. The van der Waals surface area contributed by atoms with Crippen molar-refractivity contribution in [1.82, 2.24) is 0 Å². The maximum atomic E-state index is 14.6. The summed E-state index contributed by atoms with van der Waals surface area (Å²) in [5.74, 6) is -1.60. The molecule has 5 rings (SSSR count). The fraction of sp³-hybridized carbons (Fsp3) is 0.111. The molecule has 5 aromatic carbocycles. The van der Waals surface area contributed by atoms with Crippen LogP contribution < -0.4 is 5.32 Å². The van der Waals surface area contributed by atoms with Crippen LogP contribution in [0.25, 0.3) is 0 Å². The Bertz CT molecular complexity index is 1640. The van der Waals surface area contributed by atoms with Crippen LogP contribution in [0.2, 0.25) is 0 Å². The smallest absolute Gasteiger partial charge is 0.292 e. The summed E-state index contributed by atoms with van der Waals surface area (Å²) >= 11 is 0. The summed E-state index contributed by atoms with van der Waals surface area (Å²) in [6.45, 7) is 0. The first kappa shape index (κ1) is 28.2. The molecule has 0 aromatic heterocycles. The van der Waals surface area contributed by atoms with E-state index >= 15 is 0 Å². The van der Waals surface area contributed by atoms with Crippen molar-refractivity contribution in [3.05, 3.63) is 178 Å². The van der Waals surface area contributed by atoms with Crippen LogP contribution in [0.5, 0.6) is 0 Å². The molecule has 0 aliphatic heterocycles. The number of nitrogens with one attached hydrogen (secondary N) is 1. The lowest BCUT2D eigenvalue weighted by molar-refractivity contribution is -0.384. The number of ketones is 2. The molecule has 42 heavy (non-hydrogen) atoms. The van der Waals surface area contributed by atoms with Gasteiger partial charge in [0.05, 0.1) is 16.9 Å². The fourth-order valence-corrected chi connectivity index (χ4v) is 5.42. The molecule has 208 valence electrons. The Hall–Kier alpha value is -5.36. The van der Waals surface area contributed by atoms with Crippen molar-refractivity contribution < 1.29 is 14.5 Å². The van der Waals surface area contributed by atoms with Gasteiger partial charge in [-0.2, -0.15) is 0 Å². The lowest BCUT2D eigenvalue weighted by atomic mass is 9.72. The summed E-state index contributed by atoms with van der Waals surface area (Å²) in [6, 6.07) is 42.7. The van der Waals surface area contributed by atoms with Gasteiger partial charge in [0.15, 0.2) is 11.6 Å². The van der Waals surface area contributed by atoms with Gasteiger partial charge >= 0.3 is 0 Å². The molecule has 0 radical (unpaired) electrons. The van der Waals surface area contributed by atoms with Crippen LogP contribution in [0.15, 0.2) is 146 Å². The Kier molecular flexibility index (Phi) is 8.94. The van der Waals surface area contributed by atoms with Crippen molar-refractivity contribution in [3.8, 4) is 0 Å². The number of carbonyl (C=O) groups excluding carboxylic acids is 2. The molecular formula is C36H30N2O4. The monoisotopic (exact) mass is 554 g/mol. The number of hydrogen-bond acceptors (Lipinski definition) is 5. The van der Waals surface area contributed by atoms with Crippen molar-refractivity contribution in [3.63, 3.8) is 0 Å². The van der Waals surface area contributed by atoms with Gasteiger partial charge in [0.2, 0.25) is 0 Å². The third-order valence-corrected chi connectivity index (χ3v) is 7.45. The minimum atomic E-state index is -0.801. The van der Waals surface area contributed by atoms with Crippen LogP contribution in [-0.2, 0) is 0 Å². The zero-order valence-corrected chi connectivity index (χ0v) is 22.9. The number of nitro groups is 1. The molecule has 1 N–H and O–H groups in total. The maximum Gasteiger partial charge on any atom is 0.292 e. The average Bonchev–Trinajstić information content (AvgIpc) is 3.05. The summed E-state index contributed by atoms with van der Waals surface area (Å²) in [4.78, 5) is 39.9. The van der Waals surface area contributed by atoms with Crippen molar-refractivity contribution in [1.29, 1.82) is 0 Å². The first-order chi connectivity index (χ1) is 20.5. The lowest BCUT2D eigenvalue weighted by Crippen LogP contribution is -2.34. The summed E-state index contributed by atoms with van der Waals surface area (Å²) in [5.41, 5.74) is 2.87. The second kappa shape index (κ2) is 13.3. The number of rotatable bonds is 12. The van der Waals surface area contributed by atoms with Crippen LogP contribution in [-0.4, -0.2) is 16.5 Å². The molecule has 5 aromatic rings. The van der Waals surface area contributed by atoms with Crippen molar-refractivity contribution in [2.24, 2.45) is 5.92 Å². The predicted molar refractivity (Wildman–Crippen MR) is 165 cm³/mol. The van der Waals surface area contributed by atoms with Gasteiger partial charge in [-0.25, -0.2) is 0 Å². The first-order valence-electron chi connectivity index (χ1n) is 13.8. The minimum absolute atomic E-state index is 0.0686. The molecule has 0 saturated carbocycles. The largest absolute Gasteiger partial charge is 0.372 e. The standard InChI is InChI=1S/C36H30N2O4/c39-33(27-17-7-2-8-18-27)25-30(26-15-5-1-6-16-26)34(36(40)29-21-11-4-12-22-29)35(28-19-9-3-10-20-28)37-31-23-13-14-24-32(31)38(41)42/h1-24,30,34-35,37H,25H2/t30-,34-,35+/m1/s1. The zero-order chi connectivity index (χ0) is 29.3. The topological polar surface area (TPSA) is 89.3 Å². The Balaban J connectivity index is 1.70. The predicted octanol–water partition coefficient (Wildman–Crippen LogP) is 8.30. The molecule has 0 fully saturated rings. The molecule has 0 aliphatic carbocycles. The average molecular weight is 555 g/mol. The Labute approximate surface area is 244 Å². The highest BCUT2D eigenvalue weighted by molar-refractivity contribution is 6.01. The molecule has 6 nitrogen and oxygen atoms in total. The molecular weight excluding hydrogens is 524 g/mol. The van der Waals surface area contributed by atoms with Gasteiger partial charge < -0.3 is 5.32 Å². The van der Waals surface area contributed by atoms with Crippen molar-refractivity contribution in [2.75, 3.05) is 5.32 Å². The molecule has 0 unspecified atom stereocenters. The molecule has 0 amide bonds. The summed E-state index contributed by atoms with van der Waals surface area (Å²) < 4.78 is 0. The van der Waals surface area contributed by atoms with Crippen LogP contribution >= 0.6 is 0 Å². The van der Waals surface area contributed by atoms with E-state index in [4.69, 9.17) is 0 Å². The third-order valence-electron chi connectivity index (χ3n) is 7.45. The number of carbonyl (C=O) groups is 2. The summed E-state index contributed by atoms with van der Waals surface area (Å²) in [7, 11) is 0. The van der Waals surface area contributed by atoms with Crippen molar-refractivity contribution >= 4 is 22.9 Å². The molecule has 0 aliphatic rings. The SMILES string of the molecule is O=C(C[C@H](c1ccccc1)[C@@H](C(=O)c1ccccc1)[C@@H](Nc1ccccc1[N+](=O)[O-])c1ccccc1)c1ccccc1. The van der Waals surface area contributed by atoms with Gasteiger partial charge in [0.1, 0.15) is 5.69 Å². The number of Topliss-reactive ketones (excluding diaryl/α,β-unsaturated/α-hetero) is 2. The number of benzene rings is 5. The molecule has 0 saturated heterocycles. The van der Waals surface area contributed by atoms with E-state index in [9.17, 15) is 19.7 Å². The molecule has 0 heterocycles. The Morgan fingerprint density at radius 2 is 1.10 bits per heavy atom. The van der Waals surface area contributed by atoms with Crippen molar-refractivity contribution in [2.45, 2.75) is 18.4 Å². The van der Waals surface area contributed by atoms with Gasteiger partial charge in [-0.1, -0.05) is 133 Å². The molecule has 0 bridgehead atoms. The van der Waals surface area contributed by atoms with E-state index in [0.29, 0.717) is 16.8 Å². The Morgan fingerprint density at radius 3 is 1.67 bits per heavy atom. The highest BCUT2D eigenvalue weighted by Crippen LogP contribution is 2.42. The highest BCUT2D eigenvalue weighted by Gasteiger charge is 2.39. The van der Waals surface area contributed by atoms with E-state index in [2.05, 4.69) is 5.32 Å². The second-order valence-electron chi connectivity index (χ2n) is 10.1.